The van der Waals surface area contributed by atoms with Crippen LogP contribution in [0.25, 0.3) is 0 Å². The second-order valence-electron chi connectivity index (χ2n) is 4.21. The lowest BCUT2D eigenvalue weighted by Crippen LogP contribution is -2.40. The highest BCUT2D eigenvalue weighted by molar-refractivity contribution is 8.01. The summed E-state index contributed by atoms with van der Waals surface area (Å²) in [5, 5.41) is 0.370. The van der Waals surface area contributed by atoms with Gasteiger partial charge in [-0.3, -0.25) is 4.79 Å². The molecule has 0 aliphatic carbocycles. The molecule has 1 rings (SSSR count). The molecule has 0 aromatic heterocycles. The first-order valence-corrected chi connectivity index (χ1v) is 5.42. The Bertz CT molecular complexity index is 185. The fourth-order valence-corrected chi connectivity index (χ4v) is 2.93. The van der Waals surface area contributed by atoms with Crippen molar-refractivity contribution in [2.45, 2.75) is 33.1 Å². The number of carbonyl (C=O) groups excluding carboxylic acids is 1. The maximum absolute atomic E-state index is 11.4. The van der Waals surface area contributed by atoms with Gasteiger partial charge >= 0.3 is 0 Å². The van der Waals surface area contributed by atoms with Crippen molar-refractivity contribution in [1.29, 1.82) is 0 Å². The van der Waals surface area contributed by atoms with Gasteiger partial charge in [-0.25, -0.2) is 0 Å². The van der Waals surface area contributed by atoms with E-state index in [1.807, 2.05) is 11.8 Å². The van der Waals surface area contributed by atoms with Crippen molar-refractivity contribution in [3.05, 3.63) is 0 Å². The molecule has 2 nitrogen and oxygen atoms in total. The predicted molar refractivity (Wildman–Crippen MR) is 53.1 cm³/mol. The highest BCUT2D eigenvalue weighted by Gasteiger charge is 2.38. The van der Waals surface area contributed by atoms with E-state index in [1.54, 1.807) is 11.8 Å². The van der Waals surface area contributed by atoms with Crippen LogP contribution in [-0.2, 0) is 4.79 Å². The van der Waals surface area contributed by atoms with Gasteiger partial charge in [0.15, 0.2) is 0 Å². The molecule has 0 saturated carbocycles. The van der Waals surface area contributed by atoms with E-state index >= 15 is 0 Å². The van der Waals surface area contributed by atoms with E-state index in [9.17, 15) is 4.79 Å². The summed E-state index contributed by atoms with van der Waals surface area (Å²) in [5.74, 6) is 0.956. The molecule has 1 atom stereocenters. The van der Waals surface area contributed by atoms with E-state index in [-0.39, 0.29) is 5.41 Å². The summed E-state index contributed by atoms with van der Waals surface area (Å²) in [6.45, 7) is 9.44. The van der Waals surface area contributed by atoms with Gasteiger partial charge in [0.2, 0.25) is 5.91 Å². The Labute approximate surface area is 78.7 Å². The molecule has 1 fully saturated rings. The molecule has 70 valence electrons. The van der Waals surface area contributed by atoms with E-state index in [2.05, 4.69) is 20.8 Å². The molecule has 0 bridgehead atoms. The van der Waals surface area contributed by atoms with Gasteiger partial charge in [-0.15, -0.1) is 11.8 Å². The molecule has 1 unspecified atom stereocenters. The lowest BCUT2D eigenvalue weighted by molar-refractivity contribution is -0.129. The molecule has 1 aliphatic heterocycles. The molecule has 1 amide bonds. The number of hydrogen-bond donors (Lipinski definition) is 0. The van der Waals surface area contributed by atoms with Gasteiger partial charge in [-0.05, 0) is 12.3 Å². The van der Waals surface area contributed by atoms with Gasteiger partial charge in [0.1, 0.15) is 0 Å². The Balaban J connectivity index is 2.73. The van der Waals surface area contributed by atoms with E-state index in [1.165, 1.54) is 0 Å². The monoisotopic (exact) mass is 187 g/mol. The third kappa shape index (κ3) is 1.76. The smallest absolute Gasteiger partial charge is 0.233 e. The van der Waals surface area contributed by atoms with Crippen LogP contribution >= 0.6 is 11.8 Å². The number of nitrogens with zero attached hydrogens (tertiary/aromatic N) is 1. The van der Waals surface area contributed by atoms with Crippen LogP contribution in [0.15, 0.2) is 0 Å². The first kappa shape index (κ1) is 9.90. The molecule has 3 heteroatoms. The normalized spacial score (nSPS) is 25.2. The second-order valence-corrected chi connectivity index (χ2v) is 5.28. The zero-order valence-corrected chi connectivity index (χ0v) is 9.07. The van der Waals surface area contributed by atoms with Crippen LogP contribution in [0.5, 0.6) is 0 Å². The van der Waals surface area contributed by atoms with E-state index in [0.29, 0.717) is 17.0 Å². The predicted octanol–water partition coefficient (Wildman–Crippen LogP) is 1.95. The van der Waals surface area contributed by atoms with Crippen molar-refractivity contribution in [1.82, 2.24) is 4.90 Å². The van der Waals surface area contributed by atoms with Crippen LogP contribution in [0.2, 0.25) is 0 Å². The van der Waals surface area contributed by atoms with Crippen molar-refractivity contribution in [2.24, 2.45) is 5.41 Å². The van der Waals surface area contributed by atoms with Gasteiger partial charge in [-0.2, -0.15) is 0 Å². The van der Waals surface area contributed by atoms with E-state index in [4.69, 9.17) is 0 Å². The maximum atomic E-state index is 11.4. The summed E-state index contributed by atoms with van der Waals surface area (Å²) in [5.41, 5.74) is 0.201. The average Bonchev–Trinajstić information content (AvgIpc) is 2.29. The van der Waals surface area contributed by atoms with Crippen molar-refractivity contribution < 1.29 is 4.79 Å². The van der Waals surface area contributed by atoms with Crippen LogP contribution < -0.4 is 0 Å². The maximum Gasteiger partial charge on any atom is 0.233 e. The minimum absolute atomic E-state index is 0.201. The molecule has 1 heterocycles. The van der Waals surface area contributed by atoms with Gasteiger partial charge in [0.25, 0.3) is 0 Å². The minimum atomic E-state index is 0.201. The highest BCUT2D eigenvalue weighted by atomic mass is 32.2. The van der Waals surface area contributed by atoms with E-state index in [0.717, 1.165) is 6.54 Å². The van der Waals surface area contributed by atoms with Crippen LogP contribution in [0.1, 0.15) is 27.7 Å². The topological polar surface area (TPSA) is 20.3 Å². The first-order valence-electron chi connectivity index (χ1n) is 4.38. The zero-order valence-electron chi connectivity index (χ0n) is 8.26. The summed E-state index contributed by atoms with van der Waals surface area (Å²) >= 11 is 1.77. The number of hydrogen-bond acceptors (Lipinski definition) is 2. The van der Waals surface area contributed by atoms with Gasteiger partial charge in [-0.1, -0.05) is 20.8 Å². The second kappa shape index (κ2) is 3.29. The summed E-state index contributed by atoms with van der Waals surface area (Å²) in [7, 11) is 0. The molecule has 0 spiro atoms. The Kier molecular flexibility index (Phi) is 2.71. The fraction of sp³-hybridized carbons (Fsp3) is 0.889. The molecule has 0 N–H and O–H groups in total. The van der Waals surface area contributed by atoms with Crippen molar-refractivity contribution in [2.75, 3.05) is 12.3 Å². The number of amides is 1. The zero-order chi connectivity index (χ0) is 9.35. The van der Waals surface area contributed by atoms with Crippen LogP contribution in [0.3, 0.4) is 0 Å². The third-order valence-electron chi connectivity index (χ3n) is 2.05. The summed E-state index contributed by atoms with van der Waals surface area (Å²) < 4.78 is 0. The highest BCUT2D eigenvalue weighted by Crippen LogP contribution is 2.37. The quantitative estimate of drug-likeness (QED) is 0.625. The summed E-state index contributed by atoms with van der Waals surface area (Å²) in [6.07, 6.45) is 0. The Hall–Kier alpha value is -0.180. The molecule has 1 saturated heterocycles. The lowest BCUT2D eigenvalue weighted by Gasteiger charge is -2.33. The van der Waals surface area contributed by atoms with Crippen LogP contribution in [-0.4, -0.2) is 28.5 Å². The largest absolute Gasteiger partial charge is 0.330 e. The van der Waals surface area contributed by atoms with Gasteiger partial charge < -0.3 is 4.90 Å². The van der Waals surface area contributed by atoms with Crippen molar-refractivity contribution in [3.63, 3.8) is 0 Å². The fourth-order valence-electron chi connectivity index (χ4n) is 1.51. The molecule has 12 heavy (non-hydrogen) atoms. The first-order chi connectivity index (χ1) is 5.46. The Morgan fingerprint density at radius 1 is 1.58 bits per heavy atom. The SMILES string of the molecule is CCN1C(=O)CSC1C(C)(C)C. The number of thioether (sulfide) groups is 1. The minimum Gasteiger partial charge on any atom is -0.330 e. The Morgan fingerprint density at radius 3 is 2.50 bits per heavy atom. The summed E-state index contributed by atoms with van der Waals surface area (Å²) in [4.78, 5) is 13.3. The van der Waals surface area contributed by atoms with Gasteiger partial charge in [0.05, 0.1) is 11.1 Å². The van der Waals surface area contributed by atoms with E-state index < -0.39 is 0 Å². The molecule has 0 aromatic rings. The van der Waals surface area contributed by atoms with Crippen LogP contribution in [0.4, 0.5) is 0 Å². The Morgan fingerprint density at radius 2 is 2.17 bits per heavy atom. The van der Waals surface area contributed by atoms with Gasteiger partial charge in [0, 0.05) is 6.54 Å². The average molecular weight is 187 g/mol. The molecule has 0 aromatic carbocycles. The van der Waals surface area contributed by atoms with Crippen molar-refractivity contribution >= 4 is 17.7 Å². The molecular weight excluding hydrogens is 170 g/mol. The summed E-state index contributed by atoms with van der Waals surface area (Å²) in [6, 6.07) is 0. The molecular formula is C9H17NOS. The molecule has 1 aliphatic rings. The van der Waals surface area contributed by atoms with Crippen LogP contribution in [0, 0.1) is 5.41 Å². The van der Waals surface area contributed by atoms with Crippen molar-refractivity contribution in [3.8, 4) is 0 Å². The lowest BCUT2D eigenvalue weighted by atomic mass is 9.95. The number of carbonyl (C=O) groups is 1. The molecule has 0 radical (unpaired) electrons. The third-order valence-corrected chi connectivity index (χ3v) is 3.74. The standard InChI is InChI=1S/C9H17NOS/c1-5-10-7(11)6-12-8(10)9(2,3)4/h8H,5-6H2,1-4H3. The number of rotatable bonds is 1.